The molecule has 0 unspecified atom stereocenters. The maximum absolute atomic E-state index is 11.3. The lowest BCUT2D eigenvalue weighted by Gasteiger charge is -2.06. The van der Waals surface area contributed by atoms with Crippen molar-refractivity contribution in [3.8, 4) is 11.1 Å². The summed E-state index contributed by atoms with van der Waals surface area (Å²) in [7, 11) is 1.38. The monoisotopic (exact) mass is 260 g/mol. The molecule has 0 aliphatic heterocycles. The molecule has 0 aliphatic rings. The summed E-state index contributed by atoms with van der Waals surface area (Å²) in [5, 5.41) is 0.621. The number of ether oxygens (including phenoxy) is 1. The topological polar surface area (TPSA) is 26.3 Å². The van der Waals surface area contributed by atoms with Gasteiger partial charge in [0.2, 0.25) is 0 Å². The van der Waals surface area contributed by atoms with Gasteiger partial charge in [-0.1, -0.05) is 48.0 Å². The fourth-order valence-electron chi connectivity index (χ4n) is 1.79. The van der Waals surface area contributed by atoms with Crippen molar-refractivity contribution in [3.63, 3.8) is 0 Å². The van der Waals surface area contributed by atoms with Gasteiger partial charge in [0.05, 0.1) is 13.5 Å². The predicted molar refractivity (Wildman–Crippen MR) is 72.6 cm³/mol. The van der Waals surface area contributed by atoms with Crippen LogP contribution in [-0.2, 0) is 16.0 Å². The minimum atomic E-state index is -0.267. The molecule has 0 saturated heterocycles. The highest BCUT2D eigenvalue weighted by atomic mass is 35.5. The van der Waals surface area contributed by atoms with Gasteiger partial charge in [-0.3, -0.25) is 4.79 Å². The molecule has 2 nitrogen and oxygen atoms in total. The molecular weight excluding hydrogens is 248 g/mol. The van der Waals surface area contributed by atoms with Crippen molar-refractivity contribution in [2.75, 3.05) is 7.11 Å². The second kappa shape index (κ2) is 5.69. The van der Waals surface area contributed by atoms with Gasteiger partial charge in [-0.2, -0.15) is 0 Å². The van der Waals surface area contributed by atoms with Crippen molar-refractivity contribution in [3.05, 3.63) is 59.1 Å². The lowest BCUT2D eigenvalue weighted by Crippen LogP contribution is -2.04. The first-order valence-corrected chi connectivity index (χ1v) is 5.98. The Kier molecular flexibility index (Phi) is 4.00. The van der Waals surface area contributed by atoms with Crippen LogP contribution in [0.1, 0.15) is 5.56 Å². The minimum Gasteiger partial charge on any atom is -0.469 e. The Balaban J connectivity index is 2.35. The van der Waals surface area contributed by atoms with Gasteiger partial charge < -0.3 is 4.74 Å². The van der Waals surface area contributed by atoms with Gasteiger partial charge in [-0.25, -0.2) is 0 Å². The predicted octanol–water partition coefficient (Wildman–Crippen LogP) is 3.72. The minimum absolute atomic E-state index is 0.233. The first kappa shape index (κ1) is 12.7. The third kappa shape index (κ3) is 3.11. The van der Waals surface area contributed by atoms with Gasteiger partial charge in [0.25, 0.3) is 0 Å². The normalized spacial score (nSPS) is 10.1. The molecule has 2 aromatic carbocycles. The molecule has 0 spiro atoms. The van der Waals surface area contributed by atoms with E-state index in [0.29, 0.717) is 5.02 Å². The molecular formula is C15H13ClO2. The van der Waals surface area contributed by atoms with E-state index in [0.717, 1.165) is 16.7 Å². The van der Waals surface area contributed by atoms with E-state index in [1.165, 1.54) is 7.11 Å². The number of rotatable bonds is 3. The third-order valence-electron chi connectivity index (χ3n) is 2.64. The van der Waals surface area contributed by atoms with Crippen LogP contribution in [0.15, 0.2) is 48.5 Å². The summed E-state index contributed by atoms with van der Waals surface area (Å²) in [6.45, 7) is 0. The number of hydrogen-bond acceptors (Lipinski definition) is 2. The summed E-state index contributed by atoms with van der Waals surface area (Å²) in [4.78, 5) is 11.3. The summed E-state index contributed by atoms with van der Waals surface area (Å²) in [5.41, 5.74) is 2.93. The Morgan fingerprint density at radius 1 is 1.11 bits per heavy atom. The summed E-state index contributed by atoms with van der Waals surface area (Å²) in [5.74, 6) is -0.267. The number of halogens is 1. The highest BCUT2D eigenvalue weighted by molar-refractivity contribution is 6.31. The van der Waals surface area contributed by atoms with Crippen LogP contribution < -0.4 is 0 Å². The Labute approximate surface area is 111 Å². The molecule has 0 heterocycles. The highest BCUT2D eigenvalue weighted by Gasteiger charge is 2.06. The van der Waals surface area contributed by atoms with Crippen LogP contribution in [0.4, 0.5) is 0 Å². The lowest BCUT2D eigenvalue weighted by molar-refractivity contribution is -0.139. The summed E-state index contributed by atoms with van der Waals surface area (Å²) < 4.78 is 4.66. The van der Waals surface area contributed by atoms with Gasteiger partial charge >= 0.3 is 5.97 Å². The van der Waals surface area contributed by atoms with Crippen LogP contribution in [-0.4, -0.2) is 13.1 Å². The first-order chi connectivity index (χ1) is 8.69. The second-order valence-electron chi connectivity index (χ2n) is 3.97. The molecule has 18 heavy (non-hydrogen) atoms. The van der Waals surface area contributed by atoms with E-state index >= 15 is 0 Å². The second-order valence-corrected chi connectivity index (χ2v) is 4.40. The van der Waals surface area contributed by atoms with E-state index in [2.05, 4.69) is 4.74 Å². The molecule has 0 fully saturated rings. The van der Waals surface area contributed by atoms with Crippen molar-refractivity contribution in [2.24, 2.45) is 0 Å². The largest absolute Gasteiger partial charge is 0.469 e. The van der Waals surface area contributed by atoms with E-state index in [4.69, 9.17) is 11.6 Å². The van der Waals surface area contributed by atoms with E-state index in [1.54, 1.807) is 6.07 Å². The summed E-state index contributed by atoms with van der Waals surface area (Å²) in [6.07, 6.45) is 0.233. The van der Waals surface area contributed by atoms with Gasteiger partial charge in [-0.05, 0) is 28.8 Å². The lowest BCUT2D eigenvalue weighted by atomic mass is 10.0. The molecule has 0 amide bonds. The van der Waals surface area contributed by atoms with Crippen LogP contribution in [0.3, 0.4) is 0 Å². The molecule has 0 atom stereocenters. The molecule has 2 rings (SSSR count). The smallest absolute Gasteiger partial charge is 0.309 e. The fraction of sp³-hybridized carbons (Fsp3) is 0.133. The molecule has 2 aromatic rings. The molecule has 0 radical (unpaired) electrons. The van der Waals surface area contributed by atoms with Gasteiger partial charge in [-0.15, -0.1) is 0 Å². The first-order valence-electron chi connectivity index (χ1n) is 5.61. The van der Waals surface area contributed by atoms with Crippen molar-refractivity contribution in [1.82, 2.24) is 0 Å². The highest BCUT2D eigenvalue weighted by Crippen LogP contribution is 2.25. The SMILES string of the molecule is COC(=O)Cc1cc(Cl)cc(-c2ccccc2)c1. The van der Waals surface area contributed by atoms with E-state index in [1.807, 2.05) is 42.5 Å². The number of methoxy groups -OCH3 is 1. The molecule has 0 saturated carbocycles. The molecule has 0 bridgehead atoms. The van der Waals surface area contributed by atoms with Crippen molar-refractivity contribution >= 4 is 17.6 Å². The van der Waals surface area contributed by atoms with Gasteiger partial charge in [0, 0.05) is 5.02 Å². The van der Waals surface area contributed by atoms with Crippen LogP contribution in [0, 0.1) is 0 Å². The summed E-state index contributed by atoms with van der Waals surface area (Å²) >= 11 is 6.07. The zero-order chi connectivity index (χ0) is 13.0. The van der Waals surface area contributed by atoms with Crippen molar-refractivity contribution in [2.45, 2.75) is 6.42 Å². The molecule has 92 valence electrons. The number of carbonyl (C=O) groups is 1. The van der Waals surface area contributed by atoms with E-state index in [9.17, 15) is 4.79 Å². The zero-order valence-electron chi connectivity index (χ0n) is 10.0. The van der Waals surface area contributed by atoms with Crippen LogP contribution in [0.2, 0.25) is 5.02 Å². The zero-order valence-corrected chi connectivity index (χ0v) is 10.8. The maximum Gasteiger partial charge on any atom is 0.309 e. The van der Waals surface area contributed by atoms with Gasteiger partial charge in [0.15, 0.2) is 0 Å². The van der Waals surface area contributed by atoms with E-state index in [-0.39, 0.29) is 12.4 Å². The number of carbonyl (C=O) groups excluding carboxylic acids is 1. The van der Waals surface area contributed by atoms with Gasteiger partial charge in [0.1, 0.15) is 0 Å². The number of hydrogen-bond donors (Lipinski definition) is 0. The van der Waals surface area contributed by atoms with Crippen molar-refractivity contribution in [1.29, 1.82) is 0 Å². The average Bonchev–Trinajstić information content (AvgIpc) is 2.39. The Bertz CT molecular complexity index is 550. The summed E-state index contributed by atoms with van der Waals surface area (Å²) in [6, 6.07) is 15.5. The van der Waals surface area contributed by atoms with Crippen molar-refractivity contribution < 1.29 is 9.53 Å². The molecule has 0 N–H and O–H groups in total. The maximum atomic E-state index is 11.3. The quantitative estimate of drug-likeness (QED) is 0.786. The van der Waals surface area contributed by atoms with Crippen LogP contribution in [0.25, 0.3) is 11.1 Å². The third-order valence-corrected chi connectivity index (χ3v) is 2.86. The average molecular weight is 261 g/mol. The molecule has 3 heteroatoms. The standard InChI is InChI=1S/C15H13ClO2/c1-18-15(17)9-11-7-13(10-14(16)8-11)12-5-3-2-4-6-12/h2-8,10H,9H2,1H3. The van der Waals surface area contributed by atoms with Crippen LogP contribution in [0.5, 0.6) is 0 Å². The molecule has 0 aliphatic carbocycles. The fourth-order valence-corrected chi connectivity index (χ4v) is 2.05. The van der Waals surface area contributed by atoms with Crippen LogP contribution >= 0.6 is 11.6 Å². The Morgan fingerprint density at radius 2 is 1.83 bits per heavy atom. The number of benzene rings is 2. The Morgan fingerprint density at radius 3 is 2.50 bits per heavy atom. The van der Waals surface area contributed by atoms with E-state index < -0.39 is 0 Å². The molecule has 0 aromatic heterocycles. The number of esters is 1. The Hall–Kier alpha value is -1.80.